The highest BCUT2D eigenvalue weighted by molar-refractivity contribution is 6.14. The van der Waals surface area contributed by atoms with Crippen molar-refractivity contribution in [3.05, 3.63) is 83.1 Å². The molecule has 0 N–H and O–H groups in total. The van der Waals surface area contributed by atoms with E-state index in [0.717, 1.165) is 5.56 Å². The van der Waals surface area contributed by atoms with Crippen LogP contribution in [0.15, 0.2) is 66.4 Å². The lowest BCUT2D eigenvalue weighted by atomic mass is 10.1. The summed E-state index contributed by atoms with van der Waals surface area (Å²) < 4.78 is 27.0. The fourth-order valence-electron chi connectivity index (χ4n) is 3.35. The van der Waals surface area contributed by atoms with Gasteiger partial charge in [-0.25, -0.2) is 4.79 Å². The number of esters is 1. The normalized spacial score (nSPS) is 14.9. The predicted octanol–water partition coefficient (Wildman–Crippen LogP) is 4.26. The molecule has 0 aliphatic carbocycles. The molecule has 0 aromatic heterocycles. The molecule has 2 aliphatic rings. The number of carbonyl (C=O) groups excluding carboxylic acids is 2. The number of allylic oxidation sites excluding steroid dienone is 1. The highest BCUT2D eigenvalue weighted by Crippen LogP contribution is 2.36. The number of hydrogen-bond acceptors (Lipinski definition) is 7. The van der Waals surface area contributed by atoms with Gasteiger partial charge in [-0.3, -0.25) is 4.79 Å². The Morgan fingerprint density at radius 1 is 0.968 bits per heavy atom. The lowest BCUT2D eigenvalue weighted by Gasteiger charge is -2.06. The number of ketones is 1. The van der Waals surface area contributed by atoms with Crippen molar-refractivity contribution in [3.8, 4) is 28.7 Å². The predicted molar refractivity (Wildman–Crippen MR) is 110 cm³/mol. The van der Waals surface area contributed by atoms with Crippen molar-refractivity contribution in [2.45, 2.75) is 0 Å². The average Bonchev–Trinajstić information content (AvgIpc) is 3.38. The first-order chi connectivity index (χ1) is 15.1. The van der Waals surface area contributed by atoms with Gasteiger partial charge in [-0.05, 0) is 42.5 Å². The fraction of sp³-hybridized carbons (Fsp3) is 0.0833. The molecule has 7 heteroatoms. The molecule has 0 spiro atoms. The maximum absolute atomic E-state index is 12.7. The molecule has 2 heterocycles. The minimum absolute atomic E-state index is 0.120. The van der Waals surface area contributed by atoms with Gasteiger partial charge in [0.2, 0.25) is 12.6 Å². The summed E-state index contributed by atoms with van der Waals surface area (Å²) in [5, 5.41) is 0. The highest BCUT2D eigenvalue weighted by Gasteiger charge is 2.28. The largest absolute Gasteiger partial charge is 0.496 e. The van der Waals surface area contributed by atoms with Crippen LogP contribution in [0.5, 0.6) is 28.7 Å². The zero-order valence-corrected chi connectivity index (χ0v) is 16.4. The van der Waals surface area contributed by atoms with Crippen LogP contribution < -0.4 is 23.7 Å². The third-order valence-electron chi connectivity index (χ3n) is 4.89. The van der Waals surface area contributed by atoms with Crippen LogP contribution in [0.2, 0.25) is 0 Å². The third kappa shape index (κ3) is 3.46. The van der Waals surface area contributed by atoms with Crippen molar-refractivity contribution in [1.82, 2.24) is 0 Å². The number of methoxy groups -OCH3 is 1. The van der Waals surface area contributed by atoms with Gasteiger partial charge in [0.25, 0.3) is 0 Å². The van der Waals surface area contributed by atoms with E-state index in [1.54, 1.807) is 49.6 Å². The fourth-order valence-corrected chi connectivity index (χ4v) is 3.35. The third-order valence-corrected chi connectivity index (χ3v) is 4.89. The van der Waals surface area contributed by atoms with Gasteiger partial charge in [0, 0.05) is 11.6 Å². The van der Waals surface area contributed by atoms with Crippen molar-refractivity contribution >= 4 is 17.8 Å². The molecule has 0 saturated carbocycles. The van der Waals surface area contributed by atoms with E-state index in [1.807, 2.05) is 18.2 Å². The van der Waals surface area contributed by atoms with Crippen molar-refractivity contribution in [3.63, 3.8) is 0 Å². The van der Waals surface area contributed by atoms with Crippen LogP contribution in [0, 0.1) is 0 Å². The summed E-state index contributed by atoms with van der Waals surface area (Å²) in [6, 6.07) is 16.8. The molecular formula is C24H16O7. The molecule has 0 saturated heterocycles. The molecule has 7 nitrogen and oxygen atoms in total. The monoisotopic (exact) mass is 416 g/mol. The summed E-state index contributed by atoms with van der Waals surface area (Å²) >= 11 is 0. The maximum Gasteiger partial charge on any atom is 0.343 e. The first kappa shape index (κ1) is 18.7. The second kappa shape index (κ2) is 7.53. The van der Waals surface area contributed by atoms with Gasteiger partial charge in [0.05, 0.1) is 18.2 Å². The van der Waals surface area contributed by atoms with Gasteiger partial charge >= 0.3 is 5.97 Å². The van der Waals surface area contributed by atoms with Gasteiger partial charge in [-0.1, -0.05) is 18.2 Å². The molecule has 154 valence electrons. The summed E-state index contributed by atoms with van der Waals surface area (Å²) in [5.41, 5.74) is 1.43. The van der Waals surface area contributed by atoms with Crippen LogP contribution in [-0.4, -0.2) is 25.7 Å². The summed E-state index contributed by atoms with van der Waals surface area (Å²) in [6.07, 6.45) is 1.62. The summed E-state index contributed by atoms with van der Waals surface area (Å²) in [6.45, 7) is 0.120. The van der Waals surface area contributed by atoms with Crippen molar-refractivity contribution < 1.29 is 33.3 Å². The Morgan fingerprint density at radius 2 is 1.81 bits per heavy atom. The average molecular weight is 416 g/mol. The second-order valence-corrected chi connectivity index (χ2v) is 6.80. The second-order valence-electron chi connectivity index (χ2n) is 6.80. The van der Waals surface area contributed by atoms with Crippen molar-refractivity contribution in [2.24, 2.45) is 0 Å². The zero-order valence-electron chi connectivity index (χ0n) is 16.4. The Labute approximate surface area is 177 Å². The number of hydrogen-bond donors (Lipinski definition) is 0. The van der Waals surface area contributed by atoms with E-state index in [0.29, 0.717) is 34.1 Å². The van der Waals surface area contributed by atoms with E-state index < -0.39 is 5.97 Å². The first-order valence-electron chi connectivity index (χ1n) is 9.45. The quantitative estimate of drug-likeness (QED) is 0.357. The van der Waals surface area contributed by atoms with Crippen LogP contribution in [-0.2, 0) is 0 Å². The maximum atomic E-state index is 12.7. The Bertz CT molecular complexity index is 1240. The van der Waals surface area contributed by atoms with Crippen LogP contribution in [0.3, 0.4) is 0 Å². The Morgan fingerprint density at radius 3 is 2.68 bits per heavy atom. The standard InChI is InChI=1S/C24H16O7/c1-27-18-5-3-2-4-14(18)10-22-23(25)17-8-7-16(12-20(17)31-22)30-24(26)15-6-9-19-21(11-15)29-13-28-19/h2-12H,13H2,1H3. The van der Waals surface area contributed by atoms with Gasteiger partial charge in [-0.15, -0.1) is 0 Å². The van der Waals surface area contributed by atoms with Crippen LogP contribution in [0.1, 0.15) is 26.3 Å². The molecule has 5 rings (SSSR count). The van der Waals surface area contributed by atoms with E-state index in [4.69, 9.17) is 23.7 Å². The Hall–Kier alpha value is -4.26. The molecule has 2 aliphatic heterocycles. The molecule has 0 radical (unpaired) electrons. The summed E-state index contributed by atoms with van der Waals surface area (Å²) in [5.74, 6) is 1.62. The Balaban J connectivity index is 1.37. The molecule has 0 bridgehead atoms. The van der Waals surface area contributed by atoms with Gasteiger partial charge in [0.15, 0.2) is 17.3 Å². The van der Waals surface area contributed by atoms with Crippen molar-refractivity contribution in [2.75, 3.05) is 13.9 Å². The summed E-state index contributed by atoms with van der Waals surface area (Å²) in [4.78, 5) is 25.2. The molecule has 3 aromatic carbocycles. The topological polar surface area (TPSA) is 80.3 Å². The molecule has 0 atom stereocenters. The number of Topliss-reactive ketones (excluding diaryl/α,β-unsaturated/α-hetero) is 1. The molecule has 31 heavy (non-hydrogen) atoms. The van der Waals surface area contributed by atoms with Crippen LogP contribution in [0.25, 0.3) is 6.08 Å². The smallest absolute Gasteiger partial charge is 0.343 e. The van der Waals surface area contributed by atoms with E-state index >= 15 is 0 Å². The summed E-state index contributed by atoms with van der Waals surface area (Å²) in [7, 11) is 1.56. The zero-order chi connectivity index (χ0) is 21.4. The number of para-hydroxylation sites is 1. The number of ether oxygens (including phenoxy) is 5. The highest BCUT2D eigenvalue weighted by atomic mass is 16.7. The van der Waals surface area contributed by atoms with E-state index in [9.17, 15) is 9.59 Å². The van der Waals surface area contributed by atoms with Crippen LogP contribution >= 0.6 is 0 Å². The first-order valence-corrected chi connectivity index (χ1v) is 9.45. The van der Waals surface area contributed by atoms with E-state index in [-0.39, 0.29) is 24.1 Å². The molecule has 0 unspecified atom stereocenters. The number of carbonyl (C=O) groups is 2. The van der Waals surface area contributed by atoms with Gasteiger partial charge < -0.3 is 23.7 Å². The number of rotatable bonds is 4. The number of fused-ring (bicyclic) bond motifs is 2. The van der Waals surface area contributed by atoms with Gasteiger partial charge in [-0.2, -0.15) is 0 Å². The van der Waals surface area contributed by atoms with Crippen LogP contribution in [0.4, 0.5) is 0 Å². The Kier molecular flexibility index (Phi) is 4.55. The minimum Gasteiger partial charge on any atom is -0.496 e. The van der Waals surface area contributed by atoms with Crippen molar-refractivity contribution in [1.29, 1.82) is 0 Å². The van der Waals surface area contributed by atoms with Gasteiger partial charge in [0.1, 0.15) is 17.2 Å². The lowest BCUT2D eigenvalue weighted by Crippen LogP contribution is -2.08. The van der Waals surface area contributed by atoms with E-state index in [1.165, 1.54) is 6.07 Å². The number of benzene rings is 3. The lowest BCUT2D eigenvalue weighted by molar-refractivity contribution is 0.0734. The van der Waals surface area contributed by atoms with E-state index in [2.05, 4.69) is 0 Å². The molecular weight excluding hydrogens is 400 g/mol. The molecule has 0 fully saturated rings. The molecule has 3 aromatic rings. The minimum atomic E-state index is -0.563. The SMILES string of the molecule is COc1ccccc1C=C1Oc2cc(OC(=O)c3ccc4c(c3)OCO4)ccc2C1=O. The molecule has 0 amide bonds.